The van der Waals surface area contributed by atoms with Crippen LogP contribution in [0.15, 0.2) is 12.5 Å². The van der Waals surface area contributed by atoms with Gasteiger partial charge >= 0.3 is 0 Å². The Labute approximate surface area is 91.3 Å². The largest absolute Gasteiger partial charge is 0.316 e. The van der Waals surface area contributed by atoms with Gasteiger partial charge in [0, 0.05) is 18.7 Å². The SMILES string of the molecule is CC(C)c1cncnc1C1CCCNC1. The first-order valence-corrected chi connectivity index (χ1v) is 5.79. The van der Waals surface area contributed by atoms with E-state index in [4.69, 9.17) is 0 Å². The smallest absolute Gasteiger partial charge is 0.115 e. The first-order valence-electron chi connectivity index (χ1n) is 5.79. The lowest BCUT2D eigenvalue weighted by molar-refractivity contribution is 0.450. The van der Waals surface area contributed by atoms with Gasteiger partial charge in [0.25, 0.3) is 0 Å². The van der Waals surface area contributed by atoms with E-state index in [1.54, 1.807) is 6.33 Å². The summed E-state index contributed by atoms with van der Waals surface area (Å²) in [5, 5.41) is 3.44. The van der Waals surface area contributed by atoms with Crippen molar-refractivity contribution in [3.8, 4) is 0 Å². The van der Waals surface area contributed by atoms with E-state index in [9.17, 15) is 0 Å². The average Bonchev–Trinajstić information content (AvgIpc) is 2.30. The second-order valence-electron chi connectivity index (χ2n) is 4.56. The zero-order valence-electron chi connectivity index (χ0n) is 9.53. The summed E-state index contributed by atoms with van der Waals surface area (Å²) in [6.07, 6.45) is 6.16. The second kappa shape index (κ2) is 4.71. The Balaban J connectivity index is 2.25. The predicted octanol–water partition coefficient (Wildman–Crippen LogP) is 2.07. The Kier molecular flexibility index (Phi) is 3.31. The molecule has 1 atom stereocenters. The van der Waals surface area contributed by atoms with Gasteiger partial charge in [-0.3, -0.25) is 0 Å². The predicted molar refractivity (Wildman–Crippen MR) is 61.0 cm³/mol. The first-order chi connectivity index (χ1) is 7.29. The van der Waals surface area contributed by atoms with Gasteiger partial charge in [0.1, 0.15) is 6.33 Å². The molecule has 1 N–H and O–H groups in total. The summed E-state index contributed by atoms with van der Waals surface area (Å²) in [6.45, 7) is 6.63. The minimum absolute atomic E-state index is 0.517. The van der Waals surface area contributed by atoms with Gasteiger partial charge < -0.3 is 5.32 Å². The molecule has 0 spiro atoms. The zero-order valence-corrected chi connectivity index (χ0v) is 9.53. The minimum Gasteiger partial charge on any atom is -0.316 e. The van der Waals surface area contributed by atoms with E-state index in [0.29, 0.717) is 11.8 Å². The molecule has 15 heavy (non-hydrogen) atoms. The maximum Gasteiger partial charge on any atom is 0.115 e. The van der Waals surface area contributed by atoms with Crippen LogP contribution in [0.25, 0.3) is 0 Å². The van der Waals surface area contributed by atoms with Crippen LogP contribution in [0.4, 0.5) is 0 Å². The van der Waals surface area contributed by atoms with E-state index in [-0.39, 0.29) is 0 Å². The Hall–Kier alpha value is -0.960. The van der Waals surface area contributed by atoms with Crippen molar-refractivity contribution in [2.75, 3.05) is 13.1 Å². The average molecular weight is 205 g/mol. The highest BCUT2D eigenvalue weighted by Gasteiger charge is 2.20. The molecule has 0 bridgehead atoms. The molecule has 1 aromatic heterocycles. The van der Waals surface area contributed by atoms with Crippen molar-refractivity contribution in [2.24, 2.45) is 0 Å². The number of aromatic nitrogens is 2. The Bertz CT molecular complexity index is 316. The molecule has 1 saturated heterocycles. The molecule has 0 saturated carbocycles. The molecular weight excluding hydrogens is 186 g/mol. The van der Waals surface area contributed by atoms with Crippen LogP contribution in [0, 0.1) is 0 Å². The number of nitrogens with zero attached hydrogens (tertiary/aromatic N) is 2. The molecule has 1 aliphatic heterocycles. The quantitative estimate of drug-likeness (QED) is 0.803. The molecule has 0 aromatic carbocycles. The van der Waals surface area contributed by atoms with Gasteiger partial charge in [0.2, 0.25) is 0 Å². The molecule has 1 fully saturated rings. The molecule has 2 heterocycles. The monoisotopic (exact) mass is 205 g/mol. The lowest BCUT2D eigenvalue weighted by Gasteiger charge is -2.24. The molecule has 0 amide bonds. The van der Waals surface area contributed by atoms with E-state index < -0.39 is 0 Å². The Morgan fingerprint density at radius 1 is 1.47 bits per heavy atom. The van der Waals surface area contributed by atoms with Crippen molar-refractivity contribution in [1.29, 1.82) is 0 Å². The van der Waals surface area contributed by atoms with Gasteiger partial charge in [0.15, 0.2) is 0 Å². The number of rotatable bonds is 2. The number of nitrogens with one attached hydrogen (secondary N) is 1. The fraction of sp³-hybridized carbons (Fsp3) is 0.667. The third-order valence-electron chi connectivity index (χ3n) is 3.08. The normalized spacial score (nSPS) is 21.9. The first kappa shape index (κ1) is 10.6. The molecular formula is C12H19N3. The summed E-state index contributed by atoms with van der Waals surface area (Å²) in [5.74, 6) is 1.10. The van der Waals surface area contributed by atoms with E-state index in [0.717, 1.165) is 13.1 Å². The van der Waals surface area contributed by atoms with E-state index in [1.807, 2.05) is 6.20 Å². The molecule has 2 rings (SSSR count). The lowest BCUT2D eigenvalue weighted by Crippen LogP contribution is -2.29. The van der Waals surface area contributed by atoms with Crippen molar-refractivity contribution in [2.45, 2.75) is 38.5 Å². The number of piperidine rings is 1. The van der Waals surface area contributed by atoms with Crippen LogP contribution in [-0.2, 0) is 0 Å². The fourth-order valence-electron chi connectivity index (χ4n) is 2.22. The van der Waals surface area contributed by atoms with Crippen LogP contribution in [-0.4, -0.2) is 23.1 Å². The van der Waals surface area contributed by atoms with Gasteiger partial charge in [-0.1, -0.05) is 13.8 Å². The standard InChI is InChI=1S/C12H19N3/c1-9(2)11-7-14-8-15-12(11)10-4-3-5-13-6-10/h7-10,13H,3-6H2,1-2H3. The highest BCUT2D eigenvalue weighted by Crippen LogP contribution is 2.27. The second-order valence-corrected chi connectivity index (χ2v) is 4.56. The number of hydrogen-bond donors (Lipinski definition) is 1. The molecule has 3 heteroatoms. The zero-order chi connectivity index (χ0) is 10.7. The van der Waals surface area contributed by atoms with Crippen LogP contribution in [0.5, 0.6) is 0 Å². The Morgan fingerprint density at radius 2 is 2.33 bits per heavy atom. The van der Waals surface area contributed by atoms with Crippen molar-refractivity contribution in [3.63, 3.8) is 0 Å². The van der Waals surface area contributed by atoms with Crippen molar-refractivity contribution in [1.82, 2.24) is 15.3 Å². The topological polar surface area (TPSA) is 37.8 Å². The summed E-state index contributed by atoms with van der Waals surface area (Å²) in [7, 11) is 0. The van der Waals surface area contributed by atoms with Gasteiger partial charge in [-0.15, -0.1) is 0 Å². The van der Waals surface area contributed by atoms with Gasteiger partial charge in [-0.25, -0.2) is 9.97 Å². The molecule has 0 aliphatic carbocycles. The highest BCUT2D eigenvalue weighted by molar-refractivity contribution is 5.24. The minimum atomic E-state index is 0.517. The molecule has 1 unspecified atom stereocenters. The maximum absolute atomic E-state index is 4.47. The van der Waals surface area contributed by atoms with E-state index in [1.165, 1.54) is 24.1 Å². The number of hydrogen-bond acceptors (Lipinski definition) is 3. The fourth-order valence-corrected chi connectivity index (χ4v) is 2.22. The summed E-state index contributed by atoms with van der Waals surface area (Å²) in [4.78, 5) is 8.60. The lowest BCUT2D eigenvalue weighted by atomic mass is 9.90. The summed E-state index contributed by atoms with van der Waals surface area (Å²) < 4.78 is 0. The molecule has 1 aliphatic rings. The maximum atomic E-state index is 4.47. The highest BCUT2D eigenvalue weighted by atomic mass is 14.9. The molecule has 82 valence electrons. The third-order valence-corrected chi connectivity index (χ3v) is 3.08. The van der Waals surface area contributed by atoms with Crippen LogP contribution in [0.1, 0.15) is 49.8 Å². The van der Waals surface area contributed by atoms with E-state index in [2.05, 4.69) is 29.1 Å². The summed E-state index contributed by atoms with van der Waals surface area (Å²) in [5.41, 5.74) is 2.57. The molecule has 1 aromatic rings. The van der Waals surface area contributed by atoms with Gasteiger partial charge in [-0.2, -0.15) is 0 Å². The van der Waals surface area contributed by atoms with E-state index >= 15 is 0 Å². The van der Waals surface area contributed by atoms with Gasteiger partial charge in [-0.05, 0) is 30.9 Å². The molecule has 0 radical (unpaired) electrons. The third kappa shape index (κ3) is 2.34. The van der Waals surface area contributed by atoms with Crippen molar-refractivity contribution >= 4 is 0 Å². The summed E-state index contributed by atoms with van der Waals surface area (Å²) >= 11 is 0. The van der Waals surface area contributed by atoms with Crippen molar-refractivity contribution in [3.05, 3.63) is 23.8 Å². The van der Waals surface area contributed by atoms with Gasteiger partial charge in [0.05, 0.1) is 5.69 Å². The van der Waals surface area contributed by atoms with Crippen LogP contribution in [0.2, 0.25) is 0 Å². The molecule has 3 nitrogen and oxygen atoms in total. The Morgan fingerprint density at radius 3 is 3.00 bits per heavy atom. The van der Waals surface area contributed by atoms with Crippen molar-refractivity contribution < 1.29 is 0 Å². The summed E-state index contributed by atoms with van der Waals surface area (Å²) in [6, 6.07) is 0. The van der Waals surface area contributed by atoms with Crippen LogP contribution < -0.4 is 5.32 Å². The van der Waals surface area contributed by atoms with Crippen LogP contribution in [0.3, 0.4) is 0 Å². The van der Waals surface area contributed by atoms with Crippen LogP contribution >= 0.6 is 0 Å².